The maximum atomic E-state index is 14.7. The van der Waals surface area contributed by atoms with Crippen molar-refractivity contribution in [3.63, 3.8) is 0 Å². The lowest BCUT2D eigenvalue weighted by Crippen LogP contribution is -2.44. The number of amides is 1. The third-order valence-corrected chi connectivity index (χ3v) is 11.5. The molecule has 0 atom stereocenters. The number of rotatable bonds is 10. The lowest BCUT2D eigenvalue weighted by atomic mass is 9.77. The number of likely N-dealkylation sites (N-methyl/N-ethyl adjacent to an activating group) is 1. The third-order valence-electron chi connectivity index (χ3n) is 11.5. The van der Waals surface area contributed by atoms with E-state index in [9.17, 15) is 18.7 Å². The summed E-state index contributed by atoms with van der Waals surface area (Å²) in [5.41, 5.74) is 6.75. The summed E-state index contributed by atoms with van der Waals surface area (Å²) in [7, 11) is 2.12. The van der Waals surface area contributed by atoms with E-state index in [1.807, 2.05) is 108 Å². The molecule has 1 amide bonds. The summed E-state index contributed by atoms with van der Waals surface area (Å²) in [6.07, 6.45) is 0.175. The van der Waals surface area contributed by atoms with Crippen molar-refractivity contribution in [1.82, 2.24) is 14.7 Å². The van der Waals surface area contributed by atoms with Crippen LogP contribution in [0.2, 0.25) is 0 Å². The number of phenols is 1. The molecular formula is C51H43F2N5O2. The Kier molecular flexibility index (Phi) is 10.4. The first-order chi connectivity index (χ1) is 29.3. The van der Waals surface area contributed by atoms with E-state index in [1.165, 1.54) is 12.1 Å². The van der Waals surface area contributed by atoms with Gasteiger partial charge in [-0.2, -0.15) is 5.10 Å². The highest BCUT2D eigenvalue weighted by Crippen LogP contribution is 2.45. The number of phenolic OH excluding ortho intramolecular Hbond substituents is 1. The fourth-order valence-electron chi connectivity index (χ4n) is 8.52. The van der Waals surface area contributed by atoms with Gasteiger partial charge in [0.15, 0.2) is 5.82 Å². The first-order valence-electron chi connectivity index (χ1n) is 20.1. The van der Waals surface area contributed by atoms with Gasteiger partial charge in [-0.15, -0.1) is 0 Å². The Labute approximate surface area is 347 Å². The van der Waals surface area contributed by atoms with Gasteiger partial charge in [0.2, 0.25) is 0 Å². The monoisotopic (exact) mass is 795 g/mol. The second-order valence-corrected chi connectivity index (χ2v) is 15.4. The van der Waals surface area contributed by atoms with Gasteiger partial charge in [0.05, 0.1) is 5.52 Å². The van der Waals surface area contributed by atoms with E-state index in [-0.39, 0.29) is 18.1 Å². The minimum atomic E-state index is -1.05. The maximum absolute atomic E-state index is 14.7. The molecule has 9 rings (SSSR count). The molecular weight excluding hydrogens is 753 g/mol. The molecule has 7 nitrogen and oxygen atoms in total. The molecule has 0 bridgehead atoms. The molecule has 8 aromatic rings. The molecule has 0 unspecified atom stereocenters. The second kappa shape index (κ2) is 16.3. The van der Waals surface area contributed by atoms with Gasteiger partial charge in [0.1, 0.15) is 22.9 Å². The van der Waals surface area contributed by atoms with Crippen LogP contribution in [0.1, 0.15) is 38.2 Å². The van der Waals surface area contributed by atoms with Crippen molar-refractivity contribution in [3.8, 4) is 16.9 Å². The molecule has 0 saturated carbocycles. The number of aromatic nitrogens is 2. The van der Waals surface area contributed by atoms with E-state index in [0.29, 0.717) is 27.8 Å². The maximum Gasteiger partial charge on any atom is 0.256 e. The van der Waals surface area contributed by atoms with E-state index in [4.69, 9.17) is 5.10 Å². The topological polar surface area (TPSA) is 73.6 Å². The summed E-state index contributed by atoms with van der Waals surface area (Å²) < 4.78 is 31.3. The van der Waals surface area contributed by atoms with E-state index in [2.05, 4.69) is 58.6 Å². The highest BCUT2D eigenvalue weighted by atomic mass is 19.1. The molecule has 0 spiro atoms. The Hall–Kier alpha value is -7.10. The minimum absolute atomic E-state index is 0.108. The molecule has 0 aliphatic carbocycles. The molecule has 1 aliphatic heterocycles. The Bertz CT molecular complexity index is 2650. The first kappa shape index (κ1) is 38.4. The highest BCUT2D eigenvalue weighted by molar-refractivity contribution is 6.09. The molecule has 1 aromatic heterocycles. The van der Waals surface area contributed by atoms with E-state index >= 15 is 0 Å². The van der Waals surface area contributed by atoms with Gasteiger partial charge in [-0.3, -0.25) is 4.79 Å². The van der Waals surface area contributed by atoms with E-state index < -0.39 is 17.2 Å². The average molecular weight is 796 g/mol. The Balaban J connectivity index is 1.28. The fourth-order valence-corrected chi connectivity index (χ4v) is 8.52. The second-order valence-electron chi connectivity index (χ2n) is 15.4. The molecule has 2 heterocycles. The lowest BCUT2D eigenvalue weighted by molar-refractivity contribution is 0.102. The molecule has 298 valence electrons. The number of hydrogen-bond acceptors (Lipinski definition) is 5. The largest absolute Gasteiger partial charge is 0.508 e. The van der Waals surface area contributed by atoms with Crippen LogP contribution in [0.15, 0.2) is 170 Å². The number of carbonyl (C=O) groups excluding carboxylic acids is 1. The third kappa shape index (κ3) is 7.40. The average Bonchev–Trinajstić information content (AvgIpc) is 3.61. The number of nitrogens with zero attached hydrogens (tertiary/aromatic N) is 4. The zero-order valence-corrected chi connectivity index (χ0v) is 33.1. The number of benzene rings is 7. The Morgan fingerprint density at radius 1 is 0.683 bits per heavy atom. The van der Waals surface area contributed by atoms with E-state index in [0.717, 1.165) is 71.3 Å². The van der Waals surface area contributed by atoms with Gasteiger partial charge in [-0.1, -0.05) is 103 Å². The molecule has 1 saturated heterocycles. The summed E-state index contributed by atoms with van der Waals surface area (Å²) >= 11 is 0. The van der Waals surface area contributed by atoms with Gasteiger partial charge >= 0.3 is 0 Å². The molecule has 7 aromatic carbocycles. The standard InChI is InChI=1S/C51H43F2N5O2/c1-56-25-27-57(28-26-56)44-21-17-37(18-22-44)50(60)54-49-47-32-38(29-35-30-42(52)33-43(53)31-35)46(36-19-23-45(59)24-20-36)34-48(47)58(55-49)51(39-11-5-2-6-12-39,40-13-7-3-8-14-40)41-15-9-4-10-16-41/h2-24,30-34,59H,25-29H2,1H3,(H,54,55,60). The van der Waals surface area contributed by atoms with Crippen LogP contribution < -0.4 is 10.2 Å². The molecule has 9 heteroatoms. The SMILES string of the molecule is CN1CCN(c2ccc(C(=O)Nc3nn(C(c4ccccc4)(c4ccccc4)c4ccccc4)c4cc(-c5ccc(O)cc5)c(Cc5cc(F)cc(F)c5)cc34)cc2)CC1. The van der Waals surface area contributed by atoms with Crippen LogP contribution in [0, 0.1) is 11.6 Å². The number of halogens is 2. The van der Waals surface area contributed by atoms with Crippen LogP contribution >= 0.6 is 0 Å². The summed E-state index contributed by atoms with van der Waals surface area (Å²) in [6.45, 7) is 3.76. The van der Waals surface area contributed by atoms with E-state index in [1.54, 1.807) is 12.1 Å². The quantitative estimate of drug-likeness (QED) is 0.135. The molecule has 1 fully saturated rings. The first-order valence-corrected chi connectivity index (χ1v) is 20.1. The van der Waals surface area contributed by atoms with Crippen molar-refractivity contribution in [2.24, 2.45) is 0 Å². The van der Waals surface area contributed by atoms with Crippen LogP contribution in [0.4, 0.5) is 20.3 Å². The van der Waals surface area contributed by atoms with Crippen LogP contribution in [0.25, 0.3) is 22.0 Å². The number of piperazine rings is 1. The number of aromatic hydroxyl groups is 1. The highest BCUT2D eigenvalue weighted by Gasteiger charge is 2.41. The predicted octanol–water partition coefficient (Wildman–Crippen LogP) is 10.1. The predicted molar refractivity (Wildman–Crippen MR) is 235 cm³/mol. The lowest BCUT2D eigenvalue weighted by Gasteiger charge is -2.37. The van der Waals surface area contributed by atoms with Crippen LogP contribution in [-0.4, -0.2) is 58.9 Å². The fraction of sp³-hybridized carbons (Fsp3) is 0.137. The molecule has 0 radical (unpaired) electrons. The van der Waals surface area contributed by atoms with Crippen LogP contribution in [0.3, 0.4) is 0 Å². The Morgan fingerprint density at radius 2 is 1.23 bits per heavy atom. The van der Waals surface area contributed by atoms with Gasteiger partial charge in [-0.25, -0.2) is 13.5 Å². The summed E-state index contributed by atoms with van der Waals surface area (Å²) in [4.78, 5) is 19.0. The van der Waals surface area contributed by atoms with Crippen molar-refractivity contribution < 1.29 is 18.7 Å². The van der Waals surface area contributed by atoms with Crippen molar-refractivity contribution >= 4 is 28.3 Å². The van der Waals surface area contributed by atoms with Gasteiger partial charge < -0.3 is 20.2 Å². The number of fused-ring (bicyclic) bond motifs is 1. The number of hydrogen-bond donors (Lipinski definition) is 2. The molecule has 2 N–H and O–H groups in total. The summed E-state index contributed by atoms with van der Waals surface area (Å²) in [5, 5.41) is 19.5. The van der Waals surface area contributed by atoms with Crippen molar-refractivity contribution in [1.29, 1.82) is 0 Å². The minimum Gasteiger partial charge on any atom is -0.508 e. The number of nitrogens with one attached hydrogen (secondary N) is 1. The Morgan fingerprint density at radius 3 is 1.78 bits per heavy atom. The van der Waals surface area contributed by atoms with Gasteiger partial charge in [0.25, 0.3) is 5.91 Å². The number of carbonyl (C=O) groups is 1. The normalized spacial score (nSPS) is 13.4. The van der Waals surface area contributed by atoms with Crippen LogP contribution in [0.5, 0.6) is 5.75 Å². The number of anilines is 2. The van der Waals surface area contributed by atoms with Crippen molar-refractivity contribution in [3.05, 3.63) is 215 Å². The summed E-state index contributed by atoms with van der Waals surface area (Å²) in [5.74, 6) is -1.23. The summed E-state index contributed by atoms with van der Waals surface area (Å²) in [6, 6.07) is 52.6. The smallest absolute Gasteiger partial charge is 0.256 e. The van der Waals surface area contributed by atoms with Gasteiger partial charge in [0, 0.05) is 48.9 Å². The zero-order chi connectivity index (χ0) is 41.2. The zero-order valence-electron chi connectivity index (χ0n) is 33.1. The molecule has 1 aliphatic rings. The van der Waals surface area contributed by atoms with Crippen LogP contribution in [-0.2, 0) is 12.0 Å². The van der Waals surface area contributed by atoms with Crippen molar-refractivity contribution in [2.45, 2.75) is 12.0 Å². The van der Waals surface area contributed by atoms with Gasteiger partial charge in [-0.05, 0) is 113 Å². The van der Waals surface area contributed by atoms with Crippen molar-refractivity contribution in [2.75, 3.05) is 43.4 Å². The molecule has 60 heavy (non-hydrogen) atoms.